The lowest BCUT2D eigenvalue weighted by molar-refractivity contribution is -0.379. The Morgan fingerprint density at radius 1 is 0.446 bits per heavy atom. The third-order valence-corrected chi connectivity index (χ3v) is 15.5. The molecule has 83 heavy (non-hydrogen) atoms. The lowest BCUT2D eigenvalue weighted by atomic mass is 9.96. The van der Waals surface area contributed by atoms with Crippen LogP contribution in [-0.2, 0) is 33.2 Å². The zero-order valence-corrected chi connectivity index (χ0v) is 50.1. The summed E-state index contributed by atoms with van der Waals surface area (Å²) in [7, 11) is 0. The smallest absolute Gasteiger partial charge is 0.220 e. The van der Waals surface area contributed by atoms with Crippen molar-refractivity contribution in [3.8, 4) is 0 Å². The van der Waals surface area contributed by atoms with Gasteiger partial charge in [-0.3, -0.25) is 4.79 Å². The van der Waals surface area contributed by atoms with Crippen LogP contribution in [0, 0.1) is 0 Å². The fraction of sp³-hybridized carbons (Fsp3) is 0.797. The molecule has 19 heteroatoms. The third kappa shape index (κ3) is 29.7. The molecule has 3 aliphatic rings. The average Bonchev–Trinajstić information content (AvgIpc) is 3.18. The van der Waals surface area contributed by atoms with Gasteiger partial charge in [0.15, 0.2) is 18.9 Å². The Kier molecular flexibility index (Phi) is 41.6. The van der Waals surface area contributed by atoms with Crippen LogP contribution >= 0.6 is 0 Å². The Morgan fingerprint density at radius 2 is 0.843 bits per heavy atom. The Balaban J connectivity index is 1.48. The lowest BCUT2D eigenvalue weighted by Gasteiger charge is -2.48. The third-order valence-electron chi connectivity index (χ3n) is 15.5. The van der Waals surface area contributed by atoms with Gasteiger partial charge in [0.1, 0.15) is 73.2 Å². The number of nitrogens with one attached hydrogen (secondary N) is 1. The predicted octanol–water partition coefficient (Wildman–Crippen LogP) is 6.60. The van der Waals surface area contributed by atoms with Crippen LogP contribution in [0.15, 0.2) is 72.9 Å². The molecule has 3 saturated heterocycles. The van der Waals surface area contributed by atoms with E-state index in [9.17, 15) is 61.0 Å². The summed E-state index contributed by atoms with van der Waals surface area (Å²) >= 11 is 0. The number of hydrogen-bond acceptors (Lipinski definition) is 18. The molecule has 0 aromatic rings. The Morgan fingerprint density at radius 3 is 1.35 bits per heavy atom. The molecule has 480 valence electrons. The molecule has 0 aromatic carbocycles. The number of aliphatic hydroxyl groups is 11. The molecule has 0 aromatic heterocycles. The molecular weight excluding hydrogens is 1070 g/mol. The minimum absolute atomic E-state index is 0.227. The molecule has 12 N–H and O–H groups in total. The minimum Gasteiger partial charge on any atom is -0.394 e. The van der Waals surface area contributed by atoms with E-state index in [0.29, 0.717) is 12.8 Å². The van der Waals surface area contributed by atoms with Crippen LogP contribution < -0.4 is 5.32 Å². The van der Waals surface area contributed by atoms with Gasteiger partial charge in [0.2, 0.25) is 5.91 Å². The summed E-state index contributed by atoms with van der Waals surface area (Å²) in [5.74, 6) is -0.294. The van der Waals surface area contributed by atoms with Crippen LogP contribution in [-0.4, -0.2) is 193 Å². The molecule has 19 nitrogen and oxygen atoms in total. The van der Waals surface area contributed by atoms with Gasteiger partial charge in [0.05, 0.1) is 38.6 Å². The van der Waals surface area contributed by atoms with Gasteiger partial charge in [-0.1, -0.05) is 189 Å². The summed E-state index contributed by atoms with van der Waals surface area (Å²) in [4.78, 5) is 13.4. The van der Waals surface area contributed by atoms with E-state index in [0.717, 1.165) is 77.0 Å². The number of unbranched alkanes of at least 4 members (excludes halogenated alkanes) is 20. The van der Waals surface area contributed by atoms with Crippen LogP contribution in [0.2, 0.25) is 0 Å². The molecule has 3 aliphatic heterocycles. The number of carbonyl (C=O) groups excluding carboxylic acids is 1. The maximum atomic E-state index is 13.4. The summed E-state index contributed by atoms with van der Waals surface area (Å²) in [6.07, 6.45) is 28.8. The maximum Gasteiger partial charge on any atom is 0.220 e. The van der Waals surface area contributed by atoms with Crippen molar-refractivity contribution in [2.75, 3.05) is 26.4 Å². The number of ether oxygens (including phenoxy) is 6. The van der Waals surface area contributed by atoms with E-state index in [1.165, 1.54) is 83.5 Å². The number of allylic oxidation sites excluding steroid dienone is 11. The zero-order chi connectivity index (χ0) is 60.5. The highest BCUT2D eigenvalue weighted by molar-refractivity contribution is 5.76. The highest BCUT2D eigenvalue weighted by Crippen LogP contribution is 2.33. The number of aliphatic hydroxyl groups excluding tert-OH is 11. The molecule has 0 aliphatic carbocycles. The average molecular weight is 1180 g/mol. The fourth-order valence-electron chi connectivity index (χ4n) is 10.3. The van der Waals surface area contributed by atoms with Crippen LogP contribution in [0.25, 0.3) is 0 Å². The van der Waals surface area contributed by atoms with E-state index in [1.54, 1.807) is 6.08 Å². The summed E-state index contributed by atoms with van der Waals surface area (Å²) in [5.41, 5.74) is 0. The highest BCUT2D eigenvalue weighted by atomic mass is 16.8. The van der Waals surface area contributed by atoms with Gasteiger partial charge in [-0.15, -0.1) is 0 Å². The molecular formula is C64H111NO18. The first-order valence-electron chi connectivity index (χ1n) is 31.7. The summed E-state index contributed by atoms with van der Waals surface area (Å²) in [6, 6.07) is -0.995. The van der Waals surface area contributed by atoms with Crippen molar-refractivity contribution in [1.29, 1.82) is 0 Å². The van der Waals surface area contributed by atoms with Gasteiger partial charge in [0.25, 0.3) is 0 Å². The first kappa shape index (κ1) is 74.5. The van der Waals surface area contributed by atoms with Crippen LogP contribution in [0.1, 0.15) is 194 Å². The van der Waals surface area contributed by atoms with Crippen LogP contribution in [0.4, 0.5) is 0 Å². The minimum atomic E-state index is -1.98. The van der Waals surface area contributed by atoms with Gasteiger partial charge >= 0.3 is 0 Å². The lowest BCUT2D eigenvalue weighted by Crippen LogP contribution is -2.66. The van der Waals surface area contributed by atoms with Crippen molar-refractivity contribution in [1.82, 2.24) is 5.32 Å². The van der Waals surface area contributed by atoms with E-state index in [2.05, 4.69) is 79.9 Å². The summed E-state index contributed by atoms with van der Waals surface area (Å²) < 4.78 is 34.2. The Labute approximate surface area is 496 Å². The summed E-state index contributed by atoms with van der Waals surface area (Å²) in [6.45, 7) is 1.57. The first-order valence-corrected chi connectivity index (χ1v) is 31.7. The molecule has 0 spiro atoms. The van der Waals surface area contributed by atoms with Gasteiger partial charge in [-0.2, -0.15) is 0 Å². The molecule has 3 rings (SSSR count). The van der Waals surface area contributed by atoms with Crippen LogP contribution in [0.3, 0.4) is 0 Å². The molecule has 17 unspecified atom stereocenters. The molecule has 3 fully saturated rings. The quantitative estimate of drug-likeness (QED) is 0.0226. The van der Waals surface area contributed by atoms with E-state index >= 15 is 0 Å². The van der Waals surface area contributed by atoms with Gasteiger partial charge in [-0.05, 0) is 70.6 Å². The topological polar surface area (TPSA) is 307 Å². The Hall–Kier alpha value is -2.77. The second kappa shape index (κ2) is 46.4. The largest absolute Gasteiger partial charge is 0.394 e. The Bertz CT molecular complexity index is 1790. The van der Waals surface area contributed by atoms with Gasteiger partial charge in [-0.25, -0.2) is 0 Å². The van der Waals surface area contributed by atoms with Gasteiger partial charge in [0, 0.05) is 6.42 Å². The molecule has 3 heterocycles. The number of rotatable bonds is 46. The van der Waals surface area contributed by atoms with Crippen molar-refractivity contribution in [2.24, 2.45) is 0 Å². The van der Waals surface area contributed by atoms with E-state index in [1.807, 2.05) is 6.08 Å². The fourth-order valence-corrected chi connectivity index (χ4v) is 10.3. The predicted molar refractivity (Wildman–Crippen MR) is 318 cm³/mol. The first-order chi connectivity index (χ1) is 40.3. The van der Waals surface area contributed by atoms with Crippen LogP contribution in [0.5, 0.6) is 0 Å². The number of amides is 1. The summed E-state index contributed by atoms with van der Waals surface area (Å²) in [5, 5.41) is 120. The second-order valence-corrected chi connectivity index (χ2v) is 22.5. The van der Waals surface area contributed by atoms with Gasteiger partial charge < -0.3 is 89.9 Å². The van der Waals surface area contributed by atoms with Crippen molar-refractivity contribution in [3.05, 3.63) is 72.9 Å². The molecule has 0 radical (unpaired) electrons. The monoisotopic (exact) mass is 1180 g/mol. The normalized spacial score (nSPS) is 29.9. The standard InChI is InChI=1S/C64H111NO18/c1-3-5-7-9-11-13-15-17-19-20-21-22-23-24-25-26-28-30-32-34-36-38-40-42-52(70)65-47(48(69)41-39-37-35-33-31-29-27-18-16-14-12-10-8-6-4-2)46-78-62-58(76)55(73)60(50(44-67)80-62)83-64-59(77)56(74)61(51(45-68)81-64)82-63-57(75)54(72)53(71)49(43-66)79-63/h5,7,11,13,17,19,21-22,31,33,39,41,47-51,53-64,66-69,71-77H,3-4,6,8-10,12,14-16,18,20,23-30,32,34-38,40,42-46H2,1-2H3,(H,65,70)/b7-5-,13-11-,19-17-,22-21-,33-31+,41-39+. The molecule has 17 atom stereocenters. The van der Waals surface area contributed by atoms with Crippen molar-refractivity contribution in [3.63, 3.8) is 0 Å². The molecule has 0 saturated carbocycles. The number of hydrogen-bond donors (Lipinski definition) is 12. The maximum absolute atomic E-state index is 13.4. The van der Waals surface area contributed by atoms with E-state index in [-0.39, 0.29) is 18.9 Å². The zero-order valence-electron chi connectivity index (χ0n) is 50.1. The number of carbonyl (C=O) groups is 1. The van der Waals surface area contributed by atoms with E-state index < -0.39 is 124 Å². The van der Waals surface area contributed by atoms with Crippen molar-refractivity contribution >= 4 is 5.91 Å². The van der Waals surface area contributed by atoms with Crippen molar-refractivity contribution in [2.45, 2.75) is 298 Å². The molecule has 1 amide bonds. The second-order valence-electron chi connectivity index (χ2n) is 22.5. The van der Waals surface area contributed by atoms with E-state index in [4.69, 9.17) is 28.4 Å². The SMILES string of the molecule is CC/C=C\C/C=C\C/C=C\C/C=C\CCCCCCCCCCCCC(=O)NC(COC1OC(CO)C(OC2OC(CO)C(OC3OC(CO)C(O)C(O)C3O)C(O)C2O)C(O)C1O)C(O)/C=C/CC/C=C/CCCCCCCCCCC. The molecule has 0 bridgehead atoms. The van der Waals surface area contributed by atoms with Crippen molar-refractivity contribution < 1.29 is 89.4 Å². The highest BCUT2D eigenvalue weighted by Gasteiger charge is 2.53.